The van der Waals surface area contributed by atoms with Crippen LogP contribution in [-0.4, -0.2) is 5.91 Å². The lowest BCUT2D eigenvalue weighted by molar-refractivity contribution is -0.124. The molecule has 3 rings (SSSR count). The summed E-state index contributed by atoms with van der Waals surface area (Å²) in [6.07, 6.45) is 2.62. The Morgan fingerprint density at radius 3 is 2.33 bits per heavy atom. The van der Waals surface area contributed by atoms with E-state index < -0.39 is 5.41 Å². The van der Waals surface area contributed by atoms with Crippen molar-refractivity contribution in [2.45, 2.75) is 24.7 Å². The second-order valence-electron chi connectivity index (χ2n) is 5.38. The molecule has 0 saturated heterocycles. The summed E-state index contributed by atoms with van der Waals surface area (Å²) < 4.78 is 13.9. The molecule has 21 heavy (non-hydrogen) atoms. The minimum Gasteiger partial charge on any atom is -0.324 e. The molecule has 0 aliphatic heterocycles. The van der Waals surface area contributed by atoms with Gasteiger partial charge >= 0.3 is 0 Å². The van der Waals surface area contributed by atoms with E-state index in [0.29, 0.717) is 0 Å². The normalized spacial score (nSPS) is 16.1. The zero-order chi connectivity index (χ0) is 14.9. The van der Waals surface area contributed by atoms with Crippen molar-refractivity contribution in [2.75, 3.05) is 5.32 Å². The van der Waals surface area contributed by atoms with Crippen LogP contribution >= 0.6 is 15.9 Å². The van der Waals surface area contributed by atoms with E-state index in [0.717, 1.165) is 35.0 Å². The van der Waals surface area contributed by atoms with Gasteiger partial charge in [0, 0.05) is 4.47 Å². The molecule has 108 valence electrons. The summed E-state index contributed by atoms with van der Waals surface area (Å²) in [5.41, 5.74) is 1.12. The zero-order valence-electron chi connectivity index (χ0n) is 11.4. The molecule has 4 heteroatoms. The number of anilines is 1. The van der Waals surface area contributed by atoms with E-state index >= 15 is 0 Å². The summed E-state index contributed by atoms with van der Waals surface area (Å²) in [5, 5.41) is 2.99. The first kappa shape index (κ1) is 14.3. The van der Waals surface area contributed by atoms with Gasteiger partial charge in [0.2, 0.25) is 5.91 Å². The predicted molar refractivity (Wildman–Crippen MR) is 84.7 cm³/mol. The molecule has 0 heterocycles. The van der Waals surface area contributed by atoms with Gasteiger partial charge in [0.1, 0.15) is 5.82 Å². The van der Waals surface area contributed by atoms with E-state index in [4.69, 9.17) is 0 Å². The number of hydrogen-bond donors (Lipinski definition) is 1. The summed E-state index contributed by atoms with van der Waals surface area (Å²) in [4.78, 5) is 12.7. The first-order valence-electron chi connectivity index (χ1n) is 6.94. The number of hydrogen-bond acceptors (Lipinski definition) is 1. The third-order valence-corrected chi connectivity index (χ3v) is 4.85. The molecule has 1 fully saturated rings. The number of rotatable bonds is 3. The molecule has 0 aromatic heterocycles. The highest BCUT2D eigenvalue weighted by molar-refractivity contribution is 9.10. The van der Waals surface area contributed by atoms with Gasteiger partial charge in [-0.05, 0) is 58.6 Å². The van der Waals surface area contributed by atoms with Crippen LogP contribution in [0.1, 0.15) is 24.8 Å². The Labute approximate surface area is 131 Å². The van der Waals surface area contributed by atoms with Crippen molar-refractivity contribution in [1.29, 1.82) is 0 Å². The van der Waals surface area contributed by atoms with Gasteiger partial charge in [0.05, 0.1) is 11.1 Å². The largest absolute Gasteiger partial charge is 0.324 e. The van der Waals surface area contributed by atoms with Gasteiger partial charge in [-0.3, -0.25) is 4.79 Å². The van der Waals surface area contributed by atoms with Crippen LogP contribution < -0.4 is 5.32 Å². The smallest absolute Gasteiger partial charge is 0.235 e. The second-order valence-corrected chi connectivity index (χ2v) is 6.23. The monoisotopic (exact) mass is 347 g/mol. The SMILES string of the molecule is O=C(Nc1ccccc1Br)C1(c2ccc(F)cc2)CCC1. The standard InChI is InChI=1S/C17H15BrFNO/c18-14-4-1-2-5-15(14)20-16(21)17(10-3-11-17)12-6-8-13(19)9-7-12/h1-2,4-9H,3,10-11H2,(H,20,21). The quantitative estimate of drug-likeness (QED) is 0.860. The predicted octanol–water partition coefficient (Wildman–Crippen LogP) is 4.65. The fourth-order valence-electron chi connectivity index (χ4n) is 2.75. The highest BCUT2D eigenvalue weighted by Gasteiger charge is 2.45. The fourth-order valence-corrected chi connectivity index (χ4v) is 3.13. The third-order valence-electron chi connectivity index (χ3n) is 4.16. The Morgan fingerprint density at radius 1 is 1.10 bits per heavy atom. The van der Waals surface area contributed by atoms with Crippen LogP contribution in [0.4, 0.5) is 10.1 Å². The van der Waals surface area contributed by atoms with E-state index in [2.05, 4.69) is 21.2 Å². The Morgan fingerprint density at radius 2 is 1.76 bits per heavy atom. The van der Waals surface area contributed by atoms with Gasteiger partial charge in [-0.15, -0.1) is 0 Å². The summed E-state index contributed by atoms with van der Waals surface area (Å²) in [7, 11) is 0. The summed E-state index contributed by atoms with van der Waals surface area (Å²) >= 11 is 3.43. The lowest BCUT2D eigenvalue weighted by atomic mass is 9.64. The highest BCUT2D eigenvalue weighted by atomic mass is 79.9. The molecule has 1 aliphatic rings. The maximum atomic E-state index is 13.1. The molecule has 1 aliphatic carbocycles. The molecule has 2 aromatic rings. The van der Waals surface area contributed by atoms with Gasteiger partial charge in [-0.25, -0.2) is 4.39 Å². The first-order chi connectivity index (χ1) is 10.1. The number of carbonyl (C=O) groups excluding carboxylic acids is 1. The van der Waals surface area contributed by atoms with E-state index in [1.165, 1.54) is 12.1 Å². The summed E-state index contributed by atoms with van der Waals surface area (Å²) in [6, 6.07) is 13.8. The Bertz CT molecular complexity index is 665. The van der Waals surface area contributed by atoms with E-state index in [1.54, 1.807) is 12.1 Å². The molecule has 0 radical (unpaired) electrons. The van der Waals surface area contributed by atoms with Crippen LogP contribution in [0.3, 0.4) is 0 Å². The van der Waals surface area contributed by atoms with Crippen LogP contribution in [0.25, 0.3) is 0 Å². The fraction of sp³-hybridized carbons (Fsp3) is 0.235. The highest BCUT2D eigenvalue weighted by Crippen LogP contribution is 2.44. The van der Waals surface area contributed by atoms with E-state index in [1.807, 2.05) is 24.3 Å². The maximum Gasteiger partial charge on any atom is 0.235 e. The van der Waals surface area contributed by atoms with Crippen LogP contribution in [0.5, 0.6) is 0 Å². The maximum absolute atomic E-state index is 13.1. The lowest BCUT2D eigenvalue weighted by Crippen LogP contribution is -2.46. The van der Waals surface area contributed by atoms with Crippen molar-refractivity contribution < 1.29 is 9.18 Å². The number of carbonyl (C=O) groups is 1. The lowest BCUT2D eigenvalue weighted by Gasteiger charge is -2.40. The van der Waals surface area contributed by atoms with E-state index in [9.17, 15) is 9.18 Å². The molecule has 0 atom stereocenters. The van der Waals surface area contributed by atoms with Crippen LogP contribution in [-0.2, 0) is 10.2 Å². The van der Waals surface area contributed by atoms with Crippen molar-refractivity contribution in [3.63, 3.8) is 0 Å². The summed E-state index contributed by atoms with van der Waals surface area (Å²) in [5.74, 6) is -0.299. The molecular formula is C17H15BrFNO. The van der Waals surface area contributed by atoms with Crippen molar-refractivity contribution in [3.8, 4) is 0 Å². The average molecular weight is 348 g/mol. The van der Waals surface area contributed by atoms with Gasteiger partial charge in [0.25, 0.3) is 0 Å². The molecule has 1 N–H and O–H groups in total. The zero-order valence-corrected chi connectivity index (χ0v) is 13.0. The Kier molecular flexibility index (Phi) is 3.81. The number of nitrogens with one attached hydrogen (secondary N) is 1. The Balaban J connectivity index is 1.87. The molecule has 0 bridgehead atoms. The molecule has 2 nitrogen and oxygen atoms in total. The summed E-state index contributed by atoms with van der Waals surface area (Å²) in [6.45, 7) is 0. The average Bonchev–Trinajstić information content (AvgIpc) is 2.42. The molecule has 1 amide bonds. The first-order valence-corrected chi connectivity index (χ1v) is 7.73. The molecule has 0 spiro atoms. The van der Waals surface area contributed by atoms with Crippen LogP contribution in [0, 0.1) is 5.82 Å². The number of amides is 1. The Hall–Kier alpha value is -1.68. The second kappa shape index (κ2) is 5.60. The van der Waals surface area contributed by atoms with Gasteiger partial charge in [-0.1, -0.05) is 30.7 Å². The van der Waals surface area contributed by atoms with Gasteiger partial charge in [0.15, 0.2) is 0 Å². The van der Waals surface area contributed by atoms with Crippen molar-refractivity contribution in [2.24, 2.45) is 0 Å². The topological polar surface area (TPSA) is 29.1 Å². The number of benzene rings is 2. The van der Waals surface area contributed by atoms with Gasteiger partial charge in [-0.2, -0.15) is 0 Å². The van der Waals surface area contributed by atoms with Gasteiger partial charge < -0.3 is 5.32 Å². The third kappa shape index (κ3) is 2.60. The molecular weight excluding hydrogens is 333 g/mol. The number of halogens is 2. The van der Waals surface area contributed by atoms with Crippen molar-refractivity contribution in [1.82, 2.24) is 0 Å². The minimum absolute atomic E-state index is 0.0211. The van der Waals surface area contributed by atoms with Crippen molar-refractivity contribution in [3.05, 3.63) is 64.4 Å². The van der Waals surface area contributed by atoms with Crippen LogP contribution in [0.15, 0.2) is 53.0 Å². The number of para-hydroxylation sites is 1. The molecule has 0 unspecified atom stereocenters. The minimum atomic E-state index is -0.525. The van der Waals surface area contributed by atoms with Crippen molar-refractivity contribution >= 4 is 27.5 Å². The molecule has 1 saturated carbocycles. The van der Waals surface area contributed by atoms with Crippen LogP contribution in [0.2, 0.25) is 0 Å². The molecule has 2 aromatic carbocycles. The van der Waals surface area contributed by atoms with E-state index in [-0.39, 0.29) is 11.7 Å².